The molecule has 3 N–H and O–H groups in total. The van der Waals surface area contributed by atoms with Gasteiger partial charge >= 0.3 is 0 Å². The lowest BCUT2D eigenvalue weighted by atomic mass is 10.1. The van der Waals surface area contributed by atoms with E-state index in [1.54, 1.807) is 0 Å². The first-order chi connectivity index (χ1) is 14.3. The molecule has 6 heteroatoms. The van der Waals surface area contributed by atoms with Crippen LogP contribution in [0.1, 0.15) is 23.9 Å². The minimum absolute atomic E-state index is 0.498. The summed E-state index contributed by atoms with van der Waals surface area (Å²) in [5.41, 5.74) is 4.76. The van der Waals surface area contributed by atoms with Crippen molar-refractivity contribution in [2.75, 3.05) is 19.7 Å². The average molecular weight is 390 g/mol. The first-order valence-corrected chi connectivity index (χ1v) is 10.2. The number of benzene rings is 2. The van der Waals surface area contributed by atoms with Crippen LogP contribution in [0.25, 0.3) is 11.3 Å². The normalized spacial score (nSPS) is 13.1. The highest BCUT2D eigenvalue weighted by molar-refractivity contribution is 5.79. The molecule has 0 atom stereocenters. The van der Waals surface area contributed by atoms with Gasteiger partial charge in [0, 0.05) is 19.5 Å². The second-order valence-electron chi connectivity index (χ2n) is 7.02. The monoisotopic (exact) mass is 389 g/mol. The summed E-state index contributed by atoms with van der Waals surface area (Å²) in [4.78, 5) is 12.5. The zero-order valence-electron chi connectivity index (χ0n) is 16.7. The van der Waals surface area contributed by atoms with Gasteiger partial charge in [-0.1, -0.05) is 42.5 Å². The number of aromatic amines is 1. The molecule has 0 bridgehead atoms. The highest BCUT2D eigenvalue weighted by Crippen LogP contribution is 2.25. The van der Waals surface area contributed by atoms with Crippen LogP contribution in [0.3, 0.4) is 0 Å². The molecule has 0 saturated carbocycles. The molecule has 150 valence electrons. The second-order valence-corrected chi connectivity index (χ2v) is 7.02. The number of hydrogen-bond acceptors (Lipinski definition) is 3. The lowest BCUT2D eigenvalue weighted by molar-refractivity contribution is 0.357. The van der Waals surface area contributed by atoms with E-state index in [1.165, 1.54) is 11.1 Å². The summed E-state index contributed by atoms with van der Waals surface area (Å²) < 4.78 is 5.58. The van der Waals surface area contributed by atoms with Crippen LogP contribution in [-0.2, 0) is 19.4 Å². The van der Waals surface area contributed by atoms with Gasteiger partial charge in [0.05, 0.1) is 18.5 Å². The third kappa shape index (κ3) is 4.96. The predicted molar refractivity (Wildman–Crippen MR) is 116 cm³/mol. The number of ether oxygens (including phenoxy) is 1. The fraction of sp³-hybridized carbons (Fsp3) is 0.304. The molecule has 1 aromatic heterocycles. The average Bonchev–Trinajstić information content (AvgIpc) is 3.42. The Morgan fingerprint density at radius 1 is 1.17 bits per heavy atom. The van der Waals surface area contributed by atoms with E-state index in [2.05, 4.69) is 62.8 Å². The lowest BCUT2D eigenvalue weighted by Crippen LogP contribution is -2.38. The number of guanidine groups is 1. The Bertz CT molecular complexity index is 964. The number of aliphatic imine (C=N–C) groups is 1. The number of fused-ring (bicyclic) bond motifs is 1. The minimum atomic E-state index is 0.498. The van der Waals surface area contributed by atoms with Gasteiger partial charge in [0.1, 0.15) is 18.1 Å². The molecular weight excluding hydrogens is 362 g/mol. The van der Waals surface area contributed by atoms with Gasteiger partial charge in [-0.3, -0.25) is 0 Å². The second kappa shape index (κ2) is 9.28. The van der Waals surface area contributed by atoms with E-state index in [4.69, 9.17) is 4.74 Å². The van der Waals surface area contributed by atoms with Crippen LogP contribution >= 0.6 is 0 Å². The maximum absolute atomic E-state index is 5.58. The number of nitrogens with zero attached hydrogens (tertiary/aromatic N) is 2. The zero-order chi connectivity index (χ0) is 19.9. The van der Waals surface area contributed by atoms with E-state index in [-0.39, 0.29) is 0 Å². The van der Waals surface area contributed by atoms with Gasteiger partial charge < -0.3 is 20.4 Å². The van der Waals surface area contributed by atoms with Gasteiger partial charge in [0.25, 0.3) is 0 Å². The molecule has 4 rings (SSSR count). The molecule has 0 spiro atoms. The topological polar surface area (TPSA) is 74.3 Å². The van der Waals surface area contributed by atoms with Gasteiger partial charge in [-0.25, -0.2) is 9.98 Å². The van der Waals surface area contributed by atoms with E-state index >= 15 is 0 Å². The van der Waals surface area contributed by atoms with Crippen LogP contribution in [0.4, 0.5) is 0 Å². The third-order valence-electron chi connectivity index (χ3n) is 4.90. The Morgan fingerprint density at radius 3 is 2.93 bits per heavy atom. The van der Waals surface area contributed by atoms with E-state index in [0.717, 1.165) is 61.3 Å². The van der Waals surface area contributed by atoms with Crippen LogP contribution in [0.15, 0.2) is 59.7 Å². The van der Waals surface area contributed by atoms with Crippen LogP contribution in [0.5, 0.6) is 5.75 Å². The Hall–Kier alpha value is -3.28. The van der Waals surface area contributed by atoms with E-state index in [0.29, 0.717) is 6.54 Å². The first-order valence-electron chi connectivity index (χ1n) is 10.2. The van der Waals surface area contributed by atoms with Gasteiger partial charge in [-0.05, 0) is 36.1 Å². The van der Waals surface area contributed by atoms with Crippen LogP contribution in [-0.4, -0.2) is 35.6 Å². The van der Waals surface area contributed by atoms with Crippen molar-refractivity contribution in [2.24, 2.45) is 4.99 Å². The predicted octanol–water partition coefficient (Wildman–Crippen LogP) is 3.31. The summed E-state index contributed by atoms with van der Waals surface area (Å²) in [5, 5.41) is 6.71. The molecule has 1 aliphatic rings. The zero-order valence-corrected chi connectivity index (χ0v) is 16.7. The molecule has 0 radical (unpaired) electrons. The minimum Gasteiger partial charge on any atom is -0.493 e. The molecule has 2 aromatic carbocycles. The maximum atomic E-state index is 5.58. The third-order valence-corrected chi connectivity index (χ3v) is 4.90. The Balaban J connectivity index is 1.32. The number of hydrogen-bond donors (Lipinski definition) is 3. The summed E-state index contributed by atoms with van der Waals surface area (Å²) in [6.07, 6.45) is 3.81. The Labute approximate surface area is 171 Å². The van der Waals surface area contributed by atoms with Crippen molar-refractivity contribution < 1.29 is 4.74 Å². The Kier molecular flexibility index (Phi) is 6.10. The van der Waals surface area contributed by atoms with Crippen molar-refractivity contribution in [2.45, 2.75) is 26.3 Å². The van der Waals surface area contributed by atoms with Crippen molar-refractivity contribution >= 4 is 5.96 Å². The maximum Gasteiger partial charge on any atom is 0.191 e. The summed E-state index contributed by atoms with van der Waals surface area (Å²) in [5.74, 6) is 2.68. The molecule has 3 aromatic rings. The summed E-state index contributed by atoms with van der Waals surface area (Å²) in [6.45, 7) is 5.00. The number of aromatic nitrogens is 2. The number of nitrogens with one attached hydrogen (secondary N) is 3. The van der Waals surface area contributed by atoms with Crippen molar-refractivity contribution in [3.05, 3.63) is 71.7 Å². The fourth-order valence-electron chi connectivity index (χ4n) is 3.42. The van der Waals surface area contributed by atoms with E-state index < -0.39 is 0 Å². The summed E-state index contributed by atoms with van der Waals surface area (Å²) >= 11 is 0. The molecular formula is C23H27N5O. The quantitative estimate of drug-likeness (QED) is 0.428. The molecule has 0 fully saturated rings. The highest BCUT2D eigenvalue weighted by Gasteiger charge is 2.11. The molecule has 6 nitrogen and oxygen atoms in total. The Morgan fingerprint density at radius 2 is 2.07 bits per heavy atom. The van der Waals surface area contributed by atoms with Crippen molar-refractivity contribution in [1.29, 1.82) is 0 Å². The largest absolute Gasteiger partial charge is 0.493 e. The van der Waals surface area contributed by atoms with Crippen molar-refractivity contribution in [1.82, 2.24) is 20.6 Å². The van der Waals surface area contributed by atoms with Crippen LogP contribution in [0.2, 0.25) is 0 Å². The van der Waals surface area contributed by atoms with Gasteiger partial charge in [0.2, 0.25) is 0 Å². The van der Waals surface area contributed by atoms with E-state index in [1.807, 2.05) is 24.4 Å². The fourth-order valence-corrected chi connectivity index (χ4v) is 3.42. The van der Waals surface area contributed by atoms with Crippen molar-refractivity contribution in [3.63, 3.8) is 0 Å². The first kappa shape index (κ1) is 19.1. The molecule has 0 saturated heterocycles. The van der Waals surface area contributed by atoms with Crippen molar-refractivity contribution in [3.8, 4) is 17.0 Å². The van der Waals surface area contributed by atoms with Gasteiger partial charge in [-0.15, -0.1) is 0 Å². The number of H-pyrrole nitrogens is 1. The lowest BCUT2D eigenvalue weighted by Gasteiger charge is -2.11. The molecule has 0 unspecified atom stereocenters. The number of imidazole rings is 1. The molecule has 1 aliphatic heterocycles. The molecule has 0 aliphatic carbocycles. The van der Waals surface area contributed by atoms with E-state index in [9.17, 15) is 0 Å². The molecule has 2 heterocycles. The summed E-state index contributed by atoms with van der Waals surface area (Å²) in [7, 11) is 0. The standard InChI is InChI=1S/C23H27N5O/c1-2-24-23(25-12-10-17-8-9-21-19(14-17)11-13-29-21)27-16-22-26-15-20(28-22)18-6-4-3-5-7-18/h3-9,14-15H,2,10-13,16H2,1H3,(H,26,28)(H2,24,25,27). The SMILES string of the molecule is CCNC(=NCc1ncc(-c2ccccc2)[nH]1)NCCc1ccc2c(c1)CCO2. The van der Waals surface area contributed by atoms with Crippen LogP contribution < -0.4 is 15.4 Å². The van der Waals surface area contributed by atoms with Gasteiger partial charge in [0.15, 0.2) is 5.96 Å². The van der Waals surface area contributed by atoms with Crippen LogP contribution in [0, 0.1) is 0 Å². The number of rotatable bonds is 7. The molecule has 0 amide bonds. The highest BCUT2D eigenvalue weighted by atomic mass is 16.5. The summed E-state index contributed by atoms with van der Waals surface area (Å²) in [6, 6.07) is 16.7. The molecule has 29 heavy (non-hydrogen) atoms. The van der Waals surface area contributed by atoms with Gasteiger partial charge in [-0.2, -0.15) is 0 Å². The smallest absolute Gasteiger partial charge is 0.191 e.